The van der Waals surface area contributed by atoms with Gasteiger partial charge >= 0.3 is 0 Å². The fourth-order valence-corrected chi connectivity index (χ4v) is 4.11. The van der Waals surface area contributed by atoms with Crippen LogP contribution in [0.3, 0.4) is 0 Å². The van der Waals surface area contributed by atoms with Crippen LogP contribution in [0.15, 0.2) is 48.5 Å². The number of ether oxygens (including phenoxy) is 3. The zero-order valence-electron chi connectivity index (χ0n) is 20.0. The lowest BCUT2D eigenvalue weighted by molar-refractivity contribution is 0.0930. The van der Waals surface area contributed by atoms with Gasteiger partial charge in [-0.3, -0.25) is 9.89 Å². The predicted molar refractivity (Wildman–Crippen MR) is 132 cm³/mol. The number of nitrogens with zero attached hydrogens (tertiary/aromatic N) is 2. The van der Waals surface area contributed by atoms with E-state index in [1.165, 1.54) is 0 Å². The number of aromatic nitrogens is 2. The lowest BCUT2D eigenvalue weighted by atomic mass is 10.0. The number of carbonyl (C=O) groups is 1. The summed E-state index contributed by atoms with van der Waals surface area (Å²) in [5, 5.41) is 10.8. The Kier molecular flexibility index (Phi) is 7.57. The van der Waals surface area contributed by atoms with Crippen molar-refractivity contribution in [1.82, 2.24) is 15.5 Å². The number of benzene rings is 2. The van der Waals surface area contributed by atoms with Crippen molar-refractivity contribution in [1.29, 1.82) is 0 Å². The van der Waals surface area contributed by atoms with Gasteiger partial charge < -0.3 is 24.4 Å². The van der Waals surface area contributed by atoms with E-state index in [9.17, 15) is 4.79 Å². The maximum Gasteiger partial charge on any atom is 0.251 e. The van der Waals surface area contributed by atoms with Crippen molar-refractivity contribution in [3.05, 3.63) is 54.1 Å². The highest BCUT2D eigenvalue weighted by molar-refractivity contribution is 5.95. The van der Waals surface area contributed by atoms with Crippen molar-refractivity contribution in [3.8, 4) is 28.5 Å². The van der Waals surface area contributed by atoms with Crippen LogP contribution in [0, 0.1) is 0 Å². The van der Waals surface area contributed by atoms with Crippen LogP contribution in [0.25, 0.3) is 11.3 Å². The third kappa shape index (κ3) is 5.44. The Morgan fingerprint density at radius 2 is 1.74 bits per heavy atom. The average Bonchev–Trinajstić information content (AvgIpc) is 3.36. The summed E-state index contributed by atoms with van der Waals surface area (Å²) in [5.41, 5.74) is 2.60. The molecule has 0 atom stereocenters. The number of hydrogen-bond acceptors (Lipinski definition) is 6. The van der Waals surface area contributed by atoms with Crippen LogP contribution in [0.2, 0.25) is 0 Å². The number of H-pyrrole nitrogens is 1. The molecule has 1 aliphatic heterocycles. The number of methoxy groups -OCH3 is 1. The van der Waals surface area contributed by atoms with E-state index in [1.54, 1.807) is 25.3 Å². The smallest absolute Gasteiger partial charge is 0.251 e. The van der Waals surface area contributed by atoms with Crippen LogP contribution in [0.4, 0.5) is 5.82 Å². The van der Waals surface area contributed by atoms with Gasteiger partial charge in [0.2, 0.25) is 0 Å². The first-order chi connectivity index (χ1) is 16.6. The minimum atomic E-state index is -0.0935. The van der Waals surface area contributed by atoms with E-state index in [1.807, 2.05) is 38.1 Å². The van der Waals surface area contributed by atoms with E-state index in [4.69, 9.17) is 14.2 Å². The lowest BCUT2D eigenvalue weighted by Gasteiger charge is -2.32. The van der Waals surface area contributed by atoms with Gasteiger partial charge in [-0.25, -0.2) is 0 Å². The zero-order chi connectivity index (χ0) is 23.9. The van der Waals surface area contributed by atoms with Gasteiger partial charge in [-0.05, 0) is 74.7 Å². The summed E-state index contributed by atoms with van der Waals surface area (Å²) >= 11 is 0. The molecule has 1 fully saturated rings. The third-order valence-electron chi connectivity index (χ3n) is 5.93. The molecule has 3 aromatic rings. The second-order valence-electron chi connectivity index (χ2n) is 8.13. The van der Waals surface area contributed by atoms with Crippen LogP contribution in [0.1, 0.15) is 37.0 Å². The Morgan fingerprint density at radius 1 is 1.03 bits per heavy atom. The summed E-state index contributed by atoms with van der Waals surface area (Å²) in [6.07, 6.45) is 1.71. The molecule has 8 nitrogen and oxygen atoms in total. The molecule has 0 spiro atoms. The molecule has 8 heteroatoms. The monoisotopic (exact) mass is 464 g/mol. The highest BCUT2D eigenvalue weighted by Gasteiger charge is 2.23. The van der Waals surface area contributed by atoms with E-state index in [2.05, 4.69) is 26.5 Å². The first kappa shape index (κ1) is 23.5. The van der Waals surface area contributed by atoms with Crippen molar-refractivity contribution in [2.24, 2.45) is 0 Å². The minimum Gasteiger partial charge on any atom is -0.497 e. The summed E-state index contributed by atoms with van der Waals surface area (Å²) < 4.78 is 16.5. The molecule has 0 aliphatic carbocycles. The van der Waals surface area contributed by atoms with E-state index >= 15 is 0 Å². The third-order valence-corrected chi connectivity index (χ3v) is 5.93. The van der Waals surface area contributed by atoms with Gasteiger partial charge in [-0.15, -0.1) is 0 Å². The molecule has 4 rings (SSSR count). The van der Waals surface area contributed by atoms with Gasteiger partial charge in [-0.1, -0.05) is 0 Å². The second-order valence-corrected chi connectivity index (χ2v) is 8.13. The zero-order valence-corrected chi connectivity index (χ0v) is 20.0. The molecule has 2 N–H and O–H groups in total. The number of amides is 1. The molecular weight excluding hydrogens is 432 g/mol. The normalized spacial score (nSPS) is 14.0. The Labute approximate surface area is 200 Å². The Hall–Kier alpha value is -3.68. The number of carbonyl (C=O) groups excluding carboxylic acids is 1. The second kappa shape index (κ2) is 11.0. The molecule has 0 radical (unpaired) electrons. The van der Waals surface area contributed by atoms with E-state index in [0.717, 1.165) is 48.8 Å². The van der Waals surface area contributed by atoms with Crippen molar-refractivity contribution in [2.75, 3.05) is 38.3 Å². The quantitative estimate of drug-likeness (QED) is 0.491. The number of piperidine rings is 1. The van der Waals surface area contributed by atoms with Crippen molar-refractivity contribution < 1.29 is 19.0 Å². The number of hydrogen-bond donors (Lipinski definition) is 2. The topological polar surface area (TPSA) is 88.7 Å². The number of nitrogens with one attached hydrogen (secondary N) is 2. The molecule has 2 heterocycles. The van der Waals surface area contributed by atoms with Crippen LogP contribution in [-0.4, -0.2) is 55.6 Å². The Morgan fingerprint density at radius 3 is 2.41 bits per heavy atom. The van der Waals surface area contributed by atoms with Crippen molar-refractivity contribution >= 4 is 11.7 Å². The molecule has 1 saturated heterocycles. The maximum atomic E-state index is 12.8. The minimum absolute atomic E-state index is 0.0935. The highest BCUT2D eigenvalue weighted by Crippen LogP contribution is 2.29. The largest absolute Gasteiger partial charge is 0.497 e. The van der Waals surface area contributed by atoms with Gasteiger partial charge in [0.1, 0.15) is 5.75 Å². The van der Waals surface area contributed by atoms with Crippen LogP contribution in [0.5, 0.6) is 17.2 Å². The predicted octanol–water partition coefficient (Wildman–Crippen LogP) is 4.28. The molecule has 180 valence electrons. The van der Waals surface area contributed by atoms with Gasteiger partial charge in [0, 0.05) is 30.8 Å². The average molecular weight is 465 g/mol. The van der Waals surface area contributed by atoms with Crippen molar-refractivity contribution in [3.63, 3.8) is 0 Å². The van der Waals surface area contributed by atoms with Gasteiger partial charge in [0.25, 0.3) is 5.91 Å². The molecule has 0 unspecified atom stereocenters. The fourth-order valence-electron chi connectivity index (χ4n) is 4.11. The van der Waals surface area contributed by atoms with Gasteiger partial charge in [-0.2, -0.15) is 5.10 Å². The summed E-state index contributed by atoms with van der Waals surface area (Å²) in [4.78, 5) is 15.1. The summed E-state index contributed by atoms with van der Waals surface area (Å²) in [6, 6.07) is 15.4. The maximum absolute atomic E-state index is 12.8. The first-order valence-electron chi connectivity index (χ1n) is 11.8. The standard InChI is InChI=1S/C26H32N4O4/c1-4-33-23-11-8-19(16-24(23)34-5-2)26(31)27-20-12-14-30(15-13-20)25-17-22(28-29-25)18-6-9-21(32-3)10-7-18/h6-11,16-17,20H,4-5,12-15H2,1-3H3,(H,27,31)(H,28,29). The van der Waals surface area contributed by atoms with Crippen molar-refractivity contribution in [2.45, 2.75) is 32.7 Å². The summed E-state index contributed by atoms with van der Waals surface area (Å²) in [7, 11) is 1.66. The summed E-state index contributed by atoms with van der Waals surface area (Å²) in [5.74, 6) is 2.90. The SMILES string of the molecule is CCOc1ccc(C(=O)NC2CCN(c3cc(-c4ccc(OC)cc4)[nH]n3)CC2)cc1OCC. The van der Waals surface area contributed by atoms with Gasteiger partial charge in [0.15, 0.2) is 17.3 Å². The number of anilines is 1. The molecule has 2 aromatic carbocycles. The number of aromatic amines is 1. The van der Waals surface area contributed by atoms with E-state index in [-0.39, 0.29) is 11.9 Å². The van der Waals surface area contributed by atoms with Crippen LogP contribution < -0.4 is 24.4 Å². The molecule has 1 aliphatic rings. The molecule has 0 bridgehead atoms. The molecule has 34 heavy (non-hydrogen) atoms. The highest BCUT2D eigenvalue weighted by atomic mass is 16.5. The van der Waals surface area contributed by atoms with E-state index < -0.39 is 0 Å². The molecule has 1 amide bonds. The molecule has 1 aromatic heterocycles. The fraction of sp³-hybridized carbons (Fsp3) is 0.385. The molecular formula is C26H32N4O4. The summed E-state index contributed by atoms with van der Waals surface area (Å²) in [6.45, 7) is 6.54. The molecule has 0 saturated carbocycles. The van der Waals surface area contributed by atoms with E-state index in [0.29, 0.717) is 30.3 Å². The first-order valence-corrected chi connectivity index (χ1v) is 11.8. The Balaban J connectivity index is 1.33. The lowest BCUT2D eigenvalue weighted by Crippen LogP contribution is -2.44. The van der Waals surface area contributed by atoms with Crippen LogP contribution >= 0.6 is 0 Å². The Bertz CT molecular complexity index is 1090. The van der Waals surface area contributed by atoms with Crippen LogP contribution in [-0.2, 0) is 0 Å². The van der Waals surface area contributed by atoms with Gasteiger partial charge in [0.05, 0.1) is 26.0 Å². The number of rotatable bonds is 9.